The minimum atomic E-state index is -0.313. The molecule has 1 amide bonds. The molecule has 0 bridgehead atoms. The molecule has 35 heavy (non-hydrogen) atoms. The molecule has 0 unspecified atom stereocenters. The van der Waals surface area contributed by atoms with Gasteiger partial charge in [-0.05, 0) is 64.0 Å². The van der Waals surface area contributed by atoms with Crippen molar-refractivity contribution < 1.29 is 9.53 Å². The number of aryl methyl sites for hydroxylation is 1. The first kappa shape index (κ1) is 25.1. The van der Waals surface area contributed by atoms with Gasteiger partial charge in [-0.25, -0.2) is 4.98 Å². The number of carbonyl (C=O) groups is 1. The zero-order chi connectivity index (χ0) is 24.9. The van der Waals surface area contributed by atoms with E-state index in [1.54, 1.807) is 36.4 Å². The lowest BCUT2D eigenvalue weighted by molar-refractivity contribution is -0.118. The molecular weight excluding hydrogens is 600 g/mol. The maximum Gasteiger partial charge on any atom is 0.282 e. The smallest absolute Gasteiger partial charge is 0.282 e. The molecule has 1 N–H and O–H groups in total. The second-order valence-corrected chi connectivity index (χ2v) is 9.60. The summed E-state index contributed by atoms with van der Waals surface area (Å²) < 4.78 is 8.24. The Hall–Kier alpha value is -3.01. The fourth-order valence-electron chi connectivity index (χ4n) is 3.32. The Kier molecular flexibility index (Phi) is 8.00. The van der Waals surface area contributed by atoms with Gasteiger partial charge in [0.1, 0.15) is 5.82 Å². The lowest BCUT2D eigenvalue weighted by Crippen LogP contribution is -2.22. The average Bonchev–Trinajstić information content (AvgIpc) is 2.83. The van der Waals surface area contributed by atoms with Gasteiger partial charge >= 0.3 is 0 Å². The standard InChI is InChI=1S/C25H19Br2ClN4O3/c1-2-22-31-21-9-8-16(26)12-18(21)25(34)32(22)29-13-15-10-19(27)24(20(28)11-15)35-14-23(33)30-17-6-4-3-5-7-17/h3-13H,2,14H2,1H3,(H,30,33). The van der Waals surface area contributed by atoms with Crippen LogP contribution in [0, 0.1) is 0 Å². The lowest BCUT2D eigenvalue weighted by atomic mass is 10.2. The predicted octanol–water partition coefficient (Wildman–Crippen LogP) is 6.04. The molecule has 4 aromatic rings. The van der Waals surface area contributed by atoms with Crippen LogP contribution in [0.3, 0.4) is 0 Å². The molecular formula is C25H19Br2ClN4O3. The highest BCUT2D eigenvalue weighted by Gasteiger charge is 2.13. The van der Waals surface area contributed by atoms with Crippen LogP contribution in [-0.4, -0.2) is 28.4 Å². The maximum atomic E-state index is 13.0. The highest BCUT2D eigenvalue weighted by Crippen LogP contribution is 2.34. The molecule has 3 aromatic carbocycles. The van der Waals surface area contributed by atoms with Crippen LogP contribution in [0.25, 0.3) is 10.9 Å². The Labute approximate surface area is 223 Å². The molecule has 0 atom stereocenters. The van der Waals surface area contributed by atoms with E-state index in [4.69, 9.17) is 16.3 Å². The number of benzene rings is 3. The van der Waals surface area contributed by atoms with Crippen molar-refractivity contribution in [2.24, 2.45) is 5.10 Å². The molecule has 10 heteroatoms. The van der Waals surface area contributed by atoms with Crippen molar-refractivity contribution in [1.82, 2.24) is 9.66 Å². The summed E-state index contributed by atoms with van der Waals surface area (Å²) in [6, 6.07) is 17.8. The molecule has 7 nitrogen and oxygen atoms in total. The molecule has 0 aliphatic rings. The van der Waals surface area contributed by atoms with E-state index in [1.807, 2.05) is 31.2 Å². The Bertz CT molecular complexity index is 1470. The second-order valence-electron chi connectivity index (χ2n) is 7.42. The third kappa shape index (κ3) is 5.98. The van der Waals surface area contributed by atoms with E-state index in [1.165, 1.54) is 10.9 Å². The van der Waals surface area contributed by atoms with Crippen LogP contribution in [-0.2, 0) is 11.2 Å². The summed E-state index contributed by atoms with van der Waals surface area (Å²) in [5.74, 6) is 0.554. The number of rotatable bonds is 7. The van der Waals surface area contributed by atoms with Crippen molar-refractivity contribution in [3.05, 3.63) is 96.4 Å². The van der Waals surface area contributed by atoms with Crippen LogP contribution >= 0.6 is 43.5 Å². The molecule has 0 aliphatic carbocycles. The molecule has 0 radical (unpaired) electrons. The average molecular weight is 619 g/mol. The van der Waals surface area contributed by atoms with E-state index >= 15 is 0 Å². The van der Waals surface area contributed by atoms with Gasteiger partial charge < -0.3 is 10.1 Å². The van der Waals surface area contributed by atoms with E-state index in [-0.39, 0.29) is 23.1 Å². The summed E-state index contributed by atoms with van der Waals surface area (Å²) in [4.78, 5) is 29.8. The first-order valence-electron chi connectivity index (χ1n) is 10.6. The Morgan fingerprint density at radius 2 is 1.94 bits per heavy atom. The zero-order valence-electron chi connectivity index (χ0n) is 18.5. The van der Waals surface area contributed by atoms with Crippen molar-refractivity contribution in [2.45, 2.75) is 13.3 Å². The van der Waals surface area contributed by atoms with Crippen LogP contribution in [0.15, 0.2) is 79.5 Å². The number of halogens is 3. The maximum absolute atomic E-state index is 13.0. The summed E-state index contributed by atoms with van der Waals surface area (Å²) in [6.07, 6.45) is 2.05. The quantitative estimate of drug-likeness (QED) is 0.256. The fourth-order valence-corrected chi connectivity index (χ4v) is 4.67. The number of nitrogens with one attached hydrogen (secondary N) is 1. The zero-order valence-corrected chi connectivity index (χ0v) is 22.4. The van der Waals surface area contributed by atoms with Gasteiger partial charge in [-0.2, -0.15) is 9.78 Å². The van der Waals surface area contributed by atoms with Gasteiger partial charge in [-0.15, -0.1) is 0 Å². The molecule has 178 valence electrons. The first-order valence-corrected chi connectivity index (χ1v) is 12.5. The summed E-state index contributed by atoms with van der Waals surface area (Å²) in [7, 11) is 0. The van der Waals surface area contributed by atoms with E-state index < -0.39 is 0 Å². The number of amides is 1. The first-order chi connectivity index (χ1) is 16.9. The molecule has 4 rings (SSSR count). The molecule has 1 heterocycles. The molecule has 1 aromatic heterocycles. The number of aromatic nitrogens is 2. The minimum absolute atomic E-state index is 0.214. The molecule has 0 aliphatic heterocycles. The number of anilines is 1. The largest absolute Gasteiger partial charge is 0.481 e. The van der Waals surface area contributed by atoms with Gasteiger partial charge in [0, 0.05) is 16.6 Å². The van der Waals surface area contributed by atoms with Gasteiger partial charge in [0.2, 0.25) is 0 Å². The number of carbonyl (C=O) groups excluding carboxylic acids is 1. The van der Waals surface area contributed by atoms with Crippen LogP contribution in [0.1, 0.15) is 18.3 Å². The van der Waals surface area contributed by atoms with Crippen molar-refractivity contribution in [3.8, 4) is 5.75 Å². The summed E-state index contributed by atoms with van der Waals surface area (Å²) in [5, 5.41) is 7.88. The Morgan fingerprint density at radius 1 is 1.17 bits per heavy atom. The number of nitrogens with zero attached hydrogens (tertiary/aromatic N) is 3. The SMILES string of the molecule is CCc1nc2ccc(Br)cc2c(=O)n1N=Cc1cc(Cl)c(OCC(=O)Nc2ccccc2)c(Br)c1. The number of fused-ring (bicyclic) bond motifs is 1. The highest BCUT2D eigenvalue weighted by atomic mass is 79.9. The van der Waals surface area contributed by atoms with Gasteiger partial charge in [0.25, 0.3) is 11.5 Å². The number of ether oxygens (including phenoxy) is 1. The van der Waals surface area contributed by atoms with Gasteiger partial charge in [0.15, 0.2) is 12.4 Å². The third-order valence-electron chi connectivity index (χ3n) is 4.94. The van der Waals surface area contributed by atoms with E-state index in [0.717, 1.165) is 4.47 Å². The third-order valence-corrected chi connectivity index (χ3v) is 6.30. The van der Waals surface area contributed by atoms with Gasteiger partial charge in [0.05, 0.1) is 26.6 Å². The molecule has 0 saturated heterocycles. The van der Waals surface area contributed by atoms with E-state index in [2.05, 4.69) is 47.3 Å². The molecule has 0 saturated carbocycles. The Morgan fingerprint density at radius 3 is 2.66 bits per heavy atom. The fraction of sp³-hybridized carbons (Fsp3) is 0.120. The van der Waals surface area contributed by atoms with Crippen LogP contribution < -0.4 is 15.6 Å². The van der Waals surface area contributed by atoms with Crippen molar-refractivity contribution >= 4 is 72.2 Å². The molecule has 0 spiro atoms. The number of para-hydroxylation sites is 1. The topological polar surface area (TPSA) is 85.6 Å². The number of hydrogen-bond acceptors (Lipinski definition) is 5. The van der Waals surface area contributed by atoms with Crippen molar-refractivity contribution in [2.75, 3.05) is 11.9 Å². The van der Waals surface area contributed by atoms with Crippen molar-refractivity contribution in [3.63, 3.8) is 0 Å². The van der Waals surface area contributed by atoms with Crippen LogP contribution in [0.4, 0.5) is 5.69 Å². The van der Waals surface area contributed by atoms with Crippen LogP contribution in [0.5, 0.6) is 5.75 Å². The monoisotopic (exact) mass is 616 g/mol. The molecule has 0 fully saturated rings. The summed E-state index contributed by atoms with van der Waals surface area (Å²) in [5.41, 5.74) is 1.66. The Balaban J connectivity index is 1.54. The predicted molar refractivity (Wildman–Crippen MR) is 146 cm³/mol. The van der Waals surface area contributed by atoms with Crippen LogP contribution in [0.2, 0.25) is 5.02 Å². The van der Waals surface area contributed by atoms with Gasteiger partial charge in [-0.3, -0.25) is 9.59 Å². The normalized spacial score (nSPS) is 11.2. The minimum Gasteiger partial charge on any atom is -0.481 e. The van der Waals surface area contributed by atoms with E-state index in [9.17, 15) is 9.59 Å². The van der Waals surface area contributed by atoms with Gasteiger partial charge in [-0.1, -0.05) is 52.7 Å². The number of hydrogen-bond donors (Lipinski definition) is 1. The summed E-state index contributed by atoms with van der Waals surface area (Å²) >= 11 is 13.2. The van der Waals surface area contributed by atoms with Crippen molar-refractivity contribution in [1.29, 1.82) is 0 Å². The highest BCUT2D eigenvalue weighted by molar-refractivity contribution is 9.10. The second kappa shape index (κ2) is 11.2. The summed E-state index contributed by atoms with van der Waals surface area (Å²) in [6.45, 7) is 1.69. The lowest BCUT2D eigenvalue weighted by Gasteiger charge is -2.11. The van der Waals surface area contributed by atoms with E-state index in [0.29, 0.717) is 44.6 Å².